The molecule has 2 N–H and O–H groups in total. The van der Waals surface area contributed by atoms with Gasteiger partial charge in [0.2, 0.25) is 5.78 Å². The van der Waals surface area contributed by atoms with Gasteiger partial charge in [0.15, 0.2) is 5.65 Å². The number of thiophene rings is 1. The Morgan fingerprint density at radius 1 is 1.20 bits per heavy atom. The van der Waals surface area contributed by atoms with Crippen molar-refractivity contribution >= 4 is 34.5 Å². The van der Waals surface area contributed by atoms with Crippen LogP contribution < -0.4 is 10.6 Å². The molecule has 9 heteroatoms. The fourth-order valence-electron chi connectivity index (χ4n) is 3.01. The number of carbonyl (C=O) groups excluding carboxylic acids is 2. The Morgan fingerprint density at radius 3 is 2.77 bits per heavy atom. The smallest absolute Gasteiger partial charge is 0.319 e. The Hall–Kier alpha value is -3.59. The molecule has 4 aromatic rings. The summed E-state index contributed by atoms with van der Waals surface area (Å²) in [5, 5.41) is 11.3. The zero-order valence-corrected chi connectivity index (χ0v) is 17.0. The van der Waals surface area contributed by atoms with Crippen molar-refractivity contribution < 1.29 is 14.0 Å². The van der Waals surface area contributed by atoms with Crippen LogP contribution in [0.5, 0.6) is 0 Å². The molecule has 0 saturated carbocycles. The van der Waals surface area contributed by atoms with Gasteiger partial charge >= 0.3 is 6.03 Å². The minimum absolute atomic E-state index is 0.0395. The Kier molecular flexibility index (Phi) is 5.28. The number of hydrogen-bond donors (Lipinski definition) is 2. The minimum atomic E-state index is -0.558. The third-order valence-electron chi connectivity index (χ3n) is 4.32. The lowest BCUT2D eigenvalue weighted by atomic mass is 10.1. The van der Waals surface area contributed by atoms with Crippen molar-refractivity contribution in [3.8, 4) is 11.3 Å². The predicted octanol–water partition coefficient (Wildman–Crippen LogP) is 4.36. The highest BCUT2D eigenvalue weighted by Gasteiger charge is 2.19. The van der Waals surface area contributed by atoms with Crippen LogP contribution in [-0.2, 0) is 0 Å². The van der Waals surface area contributed by atoms with Gasteiger partial charge in [-0.05, 0) is 49.6 Å². The number of ketones is 1. The van der Waals surface area contributed by atoms with Gasteiger partial charge in [-0.2, -0.15) is 5.10 Å². The zero-order chi connectivity index (χ0) is 21.3. The number of nitrogens with one attached hydrogen (secondary N) is 2. The van der Waals surface area contributed by atoms with E-state index in [1.807, 2.05) is 25.3 Å². The van der Waals surface area contributed by atoms with E-state index in [-0.39, 0.29) is 17.5 Å². The Balaban J connectivity index is 1.73. The molecule has 0 unspecified atom stereocenters. The number of nitrogens with zero attached hydrogens (tertiary/aromatic N) is 3. The van der Waals surface area contributed by atoms with Crippen LogP contribution >= 0.6 is 11.3 Å². The van der Waals surface area contributed by atoms with E-state index in [9.17, 15) is 14.0 Å². The summed E-state index contributed by atoms with van der Waals surface area (Å²) in [5.74, 6) is -0.714. The summed E-state index contributed by atoms with van der Waals surface area (Å²) in [4.78, 5) is 29.6. The SMILES string of the molecule is CC(C)NC(=O)Nc1cc(-c2ccnc3c(C(=O)c4cccs4)cnn23)ccc1F. The van der Waals surface area contributed by atoms with E-state index in [4.69, 9.17) is 0 Å². The molecule has 0 fully saturated rings. The average Bonchev–Trinajstić information content (AvgIpc) is 3.38. The standard InChI is InChI=1S/C21H18FN5O2S/c1-12(2)25-21(29)26-16-10-13(5-6-15(16)22)17-7-8-23-20-14(11-24-27(17)20)19(28)18-4-3-9-30-18/h3-12H,1-2H3,(H2,25,26,29). The highest BCUT2D eigenvalue weighted by atomic mass is 32.1. The van der Waals surface area contributed by atoms with Crippen molar-refractivity contribution in [2.75, 3.05) is 5.32 Å². The van der Waals surface area contributed by atoms with E-state index < -0.39 is 11.8 Å². The van der Waals surface area contributed by atoms with Gasteiger partial charge in [-0.25, -0.2) is 18.7 Å². The average molecular weight is 423 g/mol. The third-order valence-corrected chi connectivity index (χ3v) is 5.19. The lowest BCUT2D eigenvalue weighted by Crippen LogP contribution is -2.34. The van der Waals surface area contributed by atoms with E-state index in [1.165, 1.54) is 34.2 Å². The molecule has 2 amide bonds. The van der Waals surface area contributed by atoms with Crippen molar-refractivity contribution in [2.24, 2.45) is 0 Å². The molecule has 152 valence electrons. The highest BCUT2D eigenvalue weighted by Crippen LogP contribution is 2.27. The number of rotatable bonds is 5. The number of anilines is 1. The molecule has 0 aliphatic heterocycles. The topological polar surface area (TPSA) is 88.4 Å². The van der Waals surface area contributed by atoms with E-state index >= 15 is 0 Å². The van der Waals surface area contributed by atoms with Crippen LogP contribution in [0.3, 0.4) is 0 Å². The maximum Gasteiger partial charge on any atom is 0.319 e. The van der Waals surface area contributed by atoms with Gasteiger partial charge in [0.05, 0.1) is 28.0 Å². The molecule has 7 nitrogen and oxygen atoms in total. The summed E-state index contributed by atoms with van der Waals surface area (Å²) in [6.45, 7) is 3.62. The van der Waals surface area contributed by atoms with Crippen LogP contribution in [0.1, 0.15) is 29.1 Å². The van der Waals surface area contributed by atoms with Gasteiger partial charge in [-0.3, -0.25) is 4.79 Å². The quantitative estimate of drug-likeness (QED) is 0.467. The monoisotopic (exact) mass is 423 g/mol. The molecule has 1 aromatic carbocycles. The lowest BCUT2D eigenvalue weighted by Gasteiger charge is -2.12. The van der Waals surface area contributed by atoms with Crippen LogP contribution in [-0.4, -0.2) is 32.5 Å². The first kappa shape index (κ1) is 19.7. The number of carbonyl (C=O) groups is 2. The Labute approximate surface area is 175 Å². The van der Waals surface area contributed by atoms with Gasteiger partial charge in [0.25, 0.3) is 0 Å². The molecule has 3 aromatic heterocycles. The second kappa shape index (κ2) is 8.03. The van der Waals surface area contributed by atoms with Crippen molar-refractivity contribution in [3.05, 3.63) is 70.4 Å². The van der Waals surface area contributed by atoms with Gasteiger partial charge in [0, 0.05) is 17.8 Å². The first-order chi connectivity index (χ1) is 14.4. The fraction of sp³-hybridized carbons (Fsp3) is 0.143. The summed E-state index contributed by atoms with van der Waals surface area (Å²) >= 11 is 1.35. The van der Waals surface area contributed by atoms with E-state index in [1.54, 1.807) is 24.4 Å². The highest BCUT2D eigenvalue weighted by molar-refractivity contribution is 7.12. The van der Waals surface area contributed by atoms with E-state index in [0.29, 0.717) is 27.3 Å². The number of hydrogen-bond acceptors (Lipinski definition) is 5. The molecule has 30 heavy (non-hydrogen) atoms. The maximum atomic E-state index is 14.2. The van der Waals surface area contributed by atoms with Crippen LogP contribution in [0, 0.1) is 5.82 Å². The van der Waals surface area contributed by atoms with Crippen molar-refractivity contribution in [3.63, 3.8) is 0 Å². The predicted molar refractivity (Wildman–Crippen MR) is 113 cm³/mol. The summed E-state index contributed by atoms with van der Waals surface area (Å²) < 4.78 is 15.8. The fourth-order valence-corrected chi connectivity index (χ4v) is 3.69. The lowest BCUT2D eigenvalue weighted by molar-refractivity contribution is 0.104. The normalized spacial score (nSPS) is 11.1. The van der Waals surface area contributed by atoms with Crippen molar-refractivity contribution in [1.82, 2.24) is 19.9 Å². The van der Waals surface area contributed by atoms with Crippen molar-refractivity contribution in [1.29, 1.82) is 0 Å². The number of benzene rings is 1. The van der Waals surface area contributed by atoms with E-state index in [0.717, 1.165) is 0 Å². The molecule has 0 aliphatic carbocycles. The molecular formula is C21H18FN5O2S. The van der Waals surface area contributed by atoms with Gasteiger partial charge in [0.1, 0.15) is 5.82 Å². The Morgan fingerprint density at radius 2 is 2.03 bits per heavy atom. The van der Waals surface area contributed by atoms with E-state index in [2.05, 4.69) is 20.7 Å². The molecule has 4 rings (SSSR count). The van der Waals surface area contributed by atoms with Crippen molar-refractivity contribution in [2.45, 2.75) is 19.9 Å². The second-order valence-electron chi connectivity index (χ2n) is 6.88. The molecule has 0 atom stereocenters. The third kappa shape index (κ3) is 3.79. The summed E-state index contributed by atoms with van der Waals surface area (Å²) in [7, 11) is 0. The zero-order valence-electron chi connectivity index (χ0n) is 16.2. The molecule has 0 saturated heterocycles. The Bertz CT molecular complexity index is 1230. The largest absolute Gasteiger partial charge is 0.336 e. The second-order valence-corrected chi connectivity index (χ2v) is 7.83. The van der Waals surface area contributed by atoms with Crippen LogP contribution in [0.15, 0.2) is 54.2 Å². The maximum absolute atomic E-state index is 14.2. The number of halogens is 1. The van der Waals surface area contributed by atoms with Gasteiger partial charge < -0.3 is 10.6 Å². The summed E-state index contributed by atoms with van der Waals surface area (Å²) in [6.07, 6.45) is 3.05. The van der Waals surface area contributed by atoms with Gasteiger partial charge in [-0.1, -0.05) is 6.07 Å². The summed E-state index contributed by atoms with van der Waals surface area (Å²) in [6, 6.07) is 9.07. The molecule has 3 heterocycles. The molecular weight excluding hydrogens is 405 g/mol. The minimum Gasteiger partial charge on any atom is -0.336 e. The van der Waals surface area contributed by atoms with Crippen LogP contribution in [0.4, 0.5) is 14.9 Å². The molecule has 0 aliphatic rings. The number of amides is 2. The number of urea groups is 1. The number of fused-ring (bicyclic) bond motifs is 1. The first-order valence-electron chi connectivity index (χ1n) is 9.22. The summed E-state index contributed by atoms with van der Waals surface area (Å²) in [5.41, 5.74) is 2.05. The molecule has 0 spiro atoms. The molecule has 0 radical (unpaired) electrons. The molecule has 0 bridgehead atoms. The van der Waals surface area contributed by atoms with Gasteiger partial charge in [-0.15, -0.1) is 11.3 Å². The van der Waals surface area contributed by atoms with Crippen LogP contribution in [0.2, 0.25) is 0 Å². The first-order valence-corrected chi connectivity index (χ1v) is 10.1. The van der Waals surface area contributed by atoms with Crippen LogP contribution in [0.25, 0.3) is 16.9 Å². The number of aromatic nitrogens is 3.